The Hall–Kier alpha value is -2.74. The Bertz CT molecular complexity index is 920. The van der Waals surface area contributed by atoms with E-state index in [0.29, 0.717) is 11.6 Å². The van der Waals surface area contributed by atoms with Crippen LogP contribution in [0.3, 0.4) is 0 Å². The molecule has 2 aromatic heterocycles. The molecule has 0 radical (unpaired) electrons. The molecule has 3 aromatic rings. The predicted octanol–water partition coefficient (Wildman–Crippen LogP) is 3.06. The summed E-state index contributed by atoms with van der Waals surface area (Å²) in [6.45, 7) is 3.88. The summed E-state index contributed by atoms with van der Waals surface area (Å²) in [5, 5.41) is 0. The van der Waals surface area contributed by atoms with Crippen molar-refractivity contribution in [1.29, 1.82) is 0 Å². The second kappa shape index (κ2) is 6.40. The fourth-order valence-electron chi connectivity index (χ4n) is 2.06. The highest BCUT2D eigenvalue weighted by atomic mass is 32.2. The van der Waals surface area contributed by atoms with Crippen molar-refractivity contribution in [2.45, 2.75) is 24.7 Å². The molecule has 0 aliphatic rings. The number of benzene rings is 1. The van der Waals surface area contributed by atoms with E-state index in [1.807, 2.05) is 13.8 Å². The second-order valence-corrected chi connectivity index (χ2v) is 7.13. The Balaban J connectivity index is 1.84. The second-order valence-electron chi connectivity index (χ2n) is 5.45. The van der Waals surface area contributed by atoms with Gasteiger partial charge in [0.05, 0.1) is 11.1 Å². The molecule has 0 saturated carbocycles. The van der Waals surface area contributed by atoms with Crippen LogP contribution in [0.1, 0.15) is 25.6 Å². The van der Waals surface area contributed by atoms with Crippen molar-refractivity contribution in [1.82, 2.24) is 15.0 Å². The maximum atomic E-state index is 12.5. The molecule has 0 fully saturated rings. The number of anilines is 1. The summed E-state index contributed by atoms with van der Waals surface area (Å²) in [6.07, 6.45) is 4.42. The van der Waals surface area contributed by atoms with Crippen LogP contribution >= 0.6 is 0 Å². The molecule has 124 valence electrons. The largest absolute Gasteiger partial charge is 0.444 e. The van der Waals surface area contributed by atoms with Crippen molar-refractivity contribution in [2.24, 2.45) is 0 Å². The van der Waals surface area contributed by atoms with Gasteiger partial charge in [-0.3, -0.25) is 4.72 Å². The van der Waals surface area contributed by atoms with Gasteiger partial charge in [-0.1, -0.05) is 13.8 Å². The van der Waals surface area contributed by atoms with Crippen molar-refractivity contribution in [3.8, 4) is 11.3 Å². The molecule has 0 aliphatic carbocycles. The maximum Gasteiger partial charge on any atom is 0.263 e. The number of aromatic nitrogens is 3. The molecule has 0 saturated heterocycles. The van der Waals surface area contributed by atoms with Crippen LogP contribution in [-0.2, 0) is 10.0 Å². The lowest BCUT2D eigenvalue weighted by Gasteiger charge is -2.09. The van der Waals surface area contributed by atoms with Gasteiger partial charge in [0.1, 0.15) is 11.6 Å². The number of rotatable bonds is 5. The summed E-state index contributed by atoms with van der Waals surface area (Å²) in [7, 11) is -3.73. The van der Waals surface area contributed by atoms with Crippen LogP contribution in [0.2, 0.25) is 0 Å². The standard InChI is InChI=1S/C16H16N4O3S/c1-11(2)16-18-8-7-15(19-16)20-24(21,22)13-5-3-12(4-6-13)14-9-17-10-23-14/h3-11H,1-2H3,(H,18,19,20). The van der Waals surface area contributed by atoms with Gasteiger partial charge in [0, 0.05) is 17.7 Å². The van der Waals surface area contributed by atoms with Gasteiger partial charge in [-0.2, -0.15) is 0 Å². The highest BCUT2D eigenvalue weighted by Gasteiger charge is 2.16. The normalized spacial score (nSPS) is 11.6. The first kappa shape index (κ1) is 16.1. The number of nitrogens with zero attached hydrogens (tertiary/aromatic N) is 3. The van der Waals surface area contributed by atoms with E-state index < -0.39 is 10.0 Å². The molecule has 8 heteroatoms. The first-order valence-corrected chi connectivity index (χ1v) is 8.79. The van der Waals surface area contributed by atoms with Crippen molar-refractivity contribution in [3.63, 3.8) is 0 Å². The van der Waals surface area contributed by atoms with Gasteiger partial charge in [0.2, 0.25) is 0 Å². The minimum atomic E-state index is -3.73. The molecule has 0 atom stereocenters. The third-order valence-corrected chi connectivity index (χ3v) is 4.68. The van der Waals surface area contributed by atoms with Crippen LogP contribution in [0.4, 0.5) is 5.82 Å². The highest BCUT2D eigenvalue weighted by molar-refractivity contribution is 7.92. The van der Waals surface area contributed by atoms with Gasteiger partial charge in [-0.15, -0.1) is 0 Å². The van der Waals surface area contributed by atoms with E-state index in [1.165, 1.54) is 30.8 Å². The van der Waals surface area contributed by atoms with Crippen LogP contribution in [0, 0.1) is 0 Å². The van der Waals surface area contributed by atoms with Gasteiger partial charge in [0.15, 0.2) is 12.2 Å². The number of oxazole rings is 1. The van der Waals surface area contributed by atoms with Crippen molar-refractivity contribution in [3.05, 3.63) is 54.9 Å². The van der Waals surface area contributed by atoms with Gasteiger partial charge in [-0.05, 0) is 30.3 Å². The van der Waals surface area contributed by atoms with Crippen molar-refractivity contribution < 1.29 is 12.8 Å². The summed E-state index contributed by atoms with van der Waals surface area (Å²) in [5.41, 5.74) is 0.746. The first-order chi connectivity index (χ1) is 11.5. The number of hydrogen-bond donors (Lipinski definition) is 1. The molecule has 3 rings (SSSR count). The minimum Gasteiger partial charge on any atom is -0.444 e. The Morgan fingerprint density at radius 2 is 1.88 bits per heavy atom. The average Bonchev–Trinajstić information content (AvgIpc) is 3.09. The smallest absolute Gasteiger partial charge is 0.263 e. The summed E-state index contributed by atoms with van der Waals surface area (Å²) in [4.78, 5) is 12.3. The van der Waals surface area contributed by atoms with Crippen LogP contribution < -0.4 is 4.72 Å². The molecule has 24 heavy (non-hydrogen) atoms. The van der Waals surface area contributed by atoms with E-state index in [0.717, 1.165) is 5.56 Å². The zero-order valence-electron chi connectivity index (χ0n) is 13.2. The maximum absolute atomic E-state index is 12.5. The lowest BCUT2D eigenvalue weighted by molar-refractivity contribution is 0.572. The van der Waals surface area contributed by atoms with Crippen LogP contribution in [0.15, 0.2) is 58.4 Å². The molecular weight excluding hydrogens is 328 g/mol. The number of sulfonamides is 1. The molecule has 0 spiro atoms. The van der Waals surface area contributed by atoms with E-state index in [-0.39, 0.29) is 16.6 Å². The SMILES string of the molecule is CC(C)c1nccc(NS(=O)(=O)c2ccc(-c3cnco3)cc2)n1. The summed E-state index contributed by atoms with van der Waals surface area (Å²) in [5.74, 6) is 1.50. The Morgan fingerprint density at radius 3 is 2.50 bits per heavy atom. The van der Waals surface area contributed by atoms with Crippen LogP contribution in [-0.4, -0.2) is 23.4 Å². The van der Waals surface area contributed by atoms with Gasteiger partial charge < -0.3 is 4.42 Å². The summed E-state index contributed by atoms with van der Waals surface area (Å²) in [6, 6.07) is 7.85. The number of nitrogens with one attached hydrogen (secondary N) is 1. The molecule has 1 N–H and O–H groups in total. The number of hydrogen-bond acceptors (Lipinski definition) is 6. The molecule has 2 heterocycles. The Morgan fingerprint density at radius 1 is 1.12 bits per heavy atom. The fourth-order valence-corrected chi connectivity index (χ4v) is 3.06. The molecule has 0 unspecified atom stereocenters. The van der Waals surface area contributed by atoms with E-state index in [2.05, 4.69) is 19.7 Å². The lowest BCUT2D eigenvalue weighted by atomic mass is 10.2. The topological polar surface area (TPSA) is 98.0 Å². The first-order valence-electron chi connectivity index (χ1n) is 7.30. The van der Waals surface area contributed by atoms with Crippen LogP contribution in [0.5, 0.6) is 0 Å². The van der Waals surface area contributed by atoms with Crippen LogP contribution in [0.25, 0.3) is 11.3 Å². The van der Waals surface area contributed by atoms with Gasteiger partial charge in [0.25, 0.3) is 10.0 Å². The lowest BCUT2D eigenvalue weighted by Crippen LogP contribution is -2.14. The molecular formula is C16H16N4O3S. The monoisotopic (exact) mass is 344 g/mol. The zero-order valence-corrected chi connectivity index (χ0v) is 14.0. The molecule has 7 nitrogen and oxygen atoms in total. The quantitative estimate of drug-likeness (QED) is 0.764. The van der Waals surface area contributed by atoms with Crippen molar-refractivity contribution in [2.75, 3.05) is 4.72 Å². The third kappa shape index (κ3) is 3.43. The summed E-state index contributed by atoms with van der Waals surface area (Å²) >= 11 is 0. The van der Waals surface area contributed by atoms with Gasteiger partial charge in [-0.25, -0.2) is 23.4 Å². The Kier molecular flexibility index (Phi) is 4.30. The third-order valence-electron chi connectivity index (χ3n) is 3.31. The minimum absolute atomic E-state index is 0.107. The average molecular weight is 344 g/mol. The molecule has 0 bridgehead atoms. The van der Waals surface area contributed by atoms with Gasteiger partial charge >= 0.3 is 0 Å². The molecule has 1 aromatic carbocycles. The zero-order chi connectivity index (χ0) is 17.2. The fraction of sp³-hybridized carbons (Fsp3) is 0.188. The van der Waals surface area contributed by atoms with E-state index >= 15 is 0 Å². The molecule has 0 aliphatic heterocycles. The summed E-state index contributed by atoms with van der Waals surface area (Å²) < 4.78 is 32.6. The van der Waals surface area contributed by atoms with E-state index in [1.54, 1.807) is 18.3 Å². The highest BCUT2D eigenvalue weighted by Crippen LogP contribution is 2.22. The predicted molar refractivity (Wildman–Crippen MR) is 88.9 cm³/mol. The Labute approximate surface area is 139 Å². The van der Waals surface area contributed by atoms with E-state index in [9.17, 15) is 8.42 Å². The molecule has 0 amide bonds. The van der Waals surface area contributed by atoms with Crippen molar-refractivity contribution >= 4 is 15.8 Å². The van der Waals surface area contributed by atoms with E-state index in [4.69, 9.17) is 4.42 Å².